The van der Waals surface area contributed by atoms with Gasteiger partial charge in [0.05, 0.1) is 6.54 Å². The van der Waals surface area contributed by atoms with Crippen molar-refractivity contribution < 1.29 is 4.79 Å². The Morgan fingerprint density at radius 2 is 2.42 bits per heavy atom. The average molecular weight is 164 g/mol. The van der Waals surface area contributed by atoms with Crippen molar-refractivity contribution in [1.29, 1.82) is 0 Å². The number of fused-ring (bicyclic) bond motifs is 1. The van der Waals surface area contributed by atoms with E-state index in [4.69, 9.17) is 0 Å². The molecule has 1 aromatic heterocycles. The summed E-state index contributed by atoms with van der Waals surface area (Å²) in [5.41, 5.74) is 1.21. The predicted octanol–water partition coefficient (Wildman–Crippen LogP) is 0.961. The van der Waals surface area contributed by atoms with Gasteiger partial charge < -0.3 is 4.57 Å². The van der Waals surface area contributed by atoms with Crippen molar-refractivity contribution in [3.63, 3.8) is 0 Å². The maximum Gasteiger partial charge on any atom is 0.152 e. The van der Waals surface area contributed by atoms with E-state index in [1.54, 1.807) is 0 Å². The summed E-state index contributed by atoms with van der Waals surface area (Å²) in [4.78, 5) is 15.4. The van der Waals surface area contributed by atoms with Gasteiger partial charge in [0.1, 0.15) is 5.82 Å². The SMILES string of the molecule is CCc1ncc2n1CC(=O)CC2. The molecule has 2 heterocycles. The van der Waals surface area contributed by atoms with Crippen molar-refractivity contribution in [2.24, 2.45) is 0 Å². The fourth-order valence-electron chi connectivity index (χ4n) is 1.65. The third-order valence-electron chi connectivity index (χ3n) is 2.33. The molecule has 3 nitrogen and oxygen atoms in total. The summed E-state index contributed by atoms with van der Waals surface area (Å²) >= 11 is 0. The van der Waals surface area contributed by atoms with Gasteiger partial charge in [-0.15, -0.1) is 0 Å². The van der Waals surface area contributed by atoms with E-state index in [1.807, 2.05) is 10.8 Å². The first-order valence-electron chi connectivity index (χ1n) is 4.36. The van der Waals surface area contributed by atoms with Gasteiger partial charge in [-0.1, -0.05) is 6.92 Å². The van der Waals surface area contributed by atoms with Gasteiger partial charge in [-0.25, -0.2) is 4.98 Å². The molecule has 0 aliphatic carbocycles. The van der Waals surface area contributed by atoms with E-state index >= 15 is 0 Å². The number of Topliss-reactive ketones (excluding diaryl/α,β-unsaturated/α-hetero) is 1. The molecule has 12 heavy (non-hydrogen) atoms. The normalized spacial score (nSPS) is 16.2. The highest BCUT2D eigenvalue weighted by Crippen LogP contribution is 2.14. The lowest BCUT2D eigenvalue weighted by molar-refractivity contribution is -0.120. The summed E-state index contributed by atoms with van der Waals surface area (Å²) in [6.07, 6.45) is 4.36. The molecule has 0 unspecified atom stereocenters. The summed E-state index contributed by atoms with van der Waals surface area (Å²) in [7, 11) is 0. The lowest BCUT2D eigenvalue weighted by atomic mass is 10.1. The Labute approximate surface area is 71.4 Å². The van der Waals surface area contributed by atoms with Crippen LogP contribution in [0.4, 0.5) is 0 Å². The summed E-state index contributed by atoms with van der Waals surface area (Å²) in [5, 5.41) is 0. The van der Waals surface area contributed by atoms with Crippen LogP contribution >= 0.6 is 0 Å². The molecular weight excluding hydrogens is 152 g/mol. The average Bonchev–Trinajstić information content (AvgIpc) is 2.46. The standard InChI is InChI=1S/C9H12N2O/c1-2-9-10-5-7-3-4-8(12)6-11(7)9/h5H,2-4,6H2,1H3. The summed E-state index contributed by atoms with van der Waals surface area (Å²) in [6.45, 7) is 2.60. The second-order valence-corrected chi connectivity index (χ2v) is 3.14. The van der Waals surface area contributed by atoms with Gasteiger partial charge in [0.15, 0.2) is 5.78 Å². The molecule has 1 aromatic rings. The van der Waals surface area contributed by atoms with Crippen molar-refractivity contribution in [1.82, 2.24) is 9.55 Å². The largest absolute Gasteiger partial charge is 0.325 e. The van der Waals surface area contributed by atoms with E-state index in [1.165, 1.54) is 5.69 Å². The number of aromatic nitrogens is 2. The first-order chi connectivity index (χ1) is 5.81. The van der Waals surface area contributed by atoms with Crippen LogP contribution in [-0.4, -0.2) is 15.3 Å². The second kappa shape index (κ2) is 2.73. The van der Waals surface area contributed by atoms with Gasteiger partial charge >= 0.3 is 0 Å². The molecule has 64 valence electrons. The van der Waals surface area contributed by atoms with Crippen molar-refractivity contribution >= 4 is 5.78 Å². The Morgan fingerprint density at radius 1 is 1.58 bits per heavy atom. The van der Waals surface area contributed by atoms with E-state index in [-0.39, 0.29) is 0 Å². The minimum absolute atomic E-state index is 0.329. The van der Waals surface area contributed by atoms with Crippen molar-refractivity contribution in [3.05, 3.63) is 17.7 Å². The molecule has 0 N–H and O–H groups in total. The van der Waals surface area contributed by atoms with Gasteiger partial charge in [-0.2, -0.15) is 0 Å². The molecule has 1 aliphatic heterocycles. The lowest BCUT2D eigenvalue weighted by Gasteiger charge is -2.14. The smallest absolute Gasteiger partial charge is 0.152 e. The van der Waals surface area contributed by atoms with E-state index in [0.717, 1.165) is 18.7 Å². The Balaban J connectivity index is 2.40. The first-order valence-corrected chi connectivity index (χ1v) is 4.36. The van der Waals surface area contributed by atoms with Crippen LogP contribution < -0.4 is 0 Å². The van der Waals surface area contributed by atoms with Crippen LogP contribution in [0.15, 0.2) is 6.20 Å². The molecule has 0 radical (unpaired) electrons. The monoisotopic (exact) mass is 164 g/mol. The summed E-state index contributed by atoms with van der Waals surface area (Å²) in [5.74, 6) is 1.37. The Bertz CT molecular complexity index is 301. The number of ketones is 1. The predicted molar refractivity (Wildman–Crippen MR) is 44.9 cm³/mol. The van der Waals surface area contributed by atoms with E-state index in [2.05, 4.69) is 11.9 Å². The van der Waals surface area contributed by atoms with Crippen LogP contribution in [0.3, 0.4) is 0 Å². The molecule has 2 rings (SSSR count). The number of carbonyl (C=O) groups is 1. The van der Waals surface area contributed by atoms with E-state index in [9.17, 15) is 4.79 Å². The number of nitrogens with zero attached hydrogens (tertiary/aromatic N) is 2. The molecule has 0 spiro atoms. The molecule has 0 atom stereocenters. The maximum absolute atomic E-state index is 11.1. The first kappa shape index (κ1) is 7.53. The fraction of sp³-hybridized carbons (Fsp3) is 0.556. The van der Waals surface area contributed by atoms with Crippen LogP contribution in [-0.2, 0) is 24.2 Å². The van der Waals surface area contributed by atoms with Crippen molar-refractivity contribution in [3.8, 4) is 0 Å². The Kier molecular flexibility index (Phi) is 1.71. The molecule has 3 heteroatoms. The van der Waals surface area contributed by atoms with Crippen LogP contribution in [0, 0.1) is 0 Å². The van der Waals surface area contributed by atoms with Gasteiger partial charge in [-0.05, 0) is 6.42 Å². The number of aryl methyl sites for hydroxylation is 2. The molecule has 0 bridgehead atoms. The highest BCUT2D eigenvalue weighted by molar-refractivity contribution is 5.79. The topological polar surface area (TPSA) is 34.9 Å². The second-order valence-electron chi connectivity index (χ2n) is 3.14. The van der Waals surface area contributed by atoms with Gasteiger partial charge in [-0.3, -0.25) is 4.79 Å². The van der Waals surface area contributed by atoms with Crippen molar-refractivity contribution in [2.45, 2.75) is 32.7 Å². The highest BCUT2D eigenvalue weighted by atomic mass is 16.1. The molecule has 0 fully saturated rings. The van der Waals surface area contributed by atoms with Crippen LogP contribution in [0.1, 0.15) is 24.9 Å². The molecule has 1 aliphatic rings. The number of hydrogen-bond acceptors (Lipinski definition) is 2. The molecule has 0 saturated heterocycles. The van der Waals surface area contributed by atoms with Gasteiger partial charge in [0.2, 0.25) is 0 Å². The van der Waals surface area contributed by atoms with Crippen LogP contribution in [0.2, 0.25) is 0 Å². The minimum Gasteiger partial charge on any atom is -0.325 e. The summed E-state index contributed by atoms with van der Waals surface area (Å²) in [6, 6.07) is 0. The lowest BCUT2D eigenvalue weighted by Crippen LogP contribution is -2.20. The zero-order valence-corrected chi connectivity index (χ0v) is 7.21. The van der Waals surface area contributed by atoms with E-state index in [0.29, 0.717) is 18.7 Å². The molecule has 0 saturated carbocycles. The van der Waals surface area contributed by atoms with Crippen LogP contribution in [0.25, 0.3) is 0 Å². The number of imidazole rings is 1. The molecule has 0 amide bonds. The molecular formula is C9H12N2O. The van der Waals surface area contributed by atoms with Crippen molar-refractivity contribution in [2.75, 3.05) is 0 Å². The number of hydrogen-bond donors (Lipinski definition) is 0. The minimum atomic E-state index is 0.329. The highest BCUT2D eigenvalue weighted by Gasteiger charge is 2.17. The quantitative estimate of drug-likeness (QED) is 0.619. The third kappa shape index (κ3) is 1.05. The Morgan fingerprint density at radius 3 is 3.17 bits per heavy atom. The fourth-order valence-corrected chi connectivity index (χ4v) is 1.65. The Hall–Kier alpha value is -1.12. The maximum atomic E-state index is 11.1. The van der Waals surface area contributed by atoms with Crippen LogP contribution in [0.5, 0.6) is 0 Å². The molecule has 0 aromatic carbocycles. The zero-order valence-electron chi connectivity index (χ0n) is 7.21. The zero-order chi connectivity index (χ0) is 8.55. The van der Waals surface area contributed by atoms with Gasteiger partial charge in [0.25, 0.3) is 0 Å². The summed E-state index contributed by atoms with van der Waals surface area (Å²) < 4.78 is 2.05. The third-order valence-corrected chi connectivity index (χ3v) is 2.33. The van der Waals surface area contributed by atoms with E-state index < -0.39 is 0 Å². The number of carbonyl (C=O) groups excluding carboxylic acids is 1. The number of rotatable bonds is 1. The van der Waals surface area contributed by atoms with Gasteiger partial charge in [0, 0.05) is 24.7 Å².